The van der Waals surface area contributed by atoms with E-state index in [1.807, 2.05) is 36.4 Å². The van der Waals surface area contributed by atoms with Crippen LogP contribution in [0.4, 0.5) is 17.3 Å². The van der Waals surface area contributed by atoms with Gasteiger partial charge in [-0.15, -0.1) is 6.58 Å². The van der Waals surface area contributed by atoms with Crippen LogP contribution in [0.5, 0.6) is 11.6 Å². The number of rotatable bonds is 7. The monoisotopic (exact) mass is 500 g/mol. The zero-order valence-corrected chi connectivity index (χ0v) is 20.6. The number of nitrogens with zero attached hydrogens (tertiary/aromatic N) is 6. The predicted molar refractivity (Wildman–Crippen MR) is 141 cm³/mol. The minimum Gasteiger partial charge on any atom is -0.474 e. The van der Waals surface area contributed by atoms with E-state index in [1.165, 1.54) is 6.20 Å². The minimum atomic E-state index is -0.219. The van der Waals surface area contributed by atoms with E-state index < -0.39 is 0 Å². The summed E-state index contributed by atoms with van der Waals surface area (Å²) in [7, 11) is 2.12. The summed E-state index contributed by atoms with van der Waals surface area (Å²) in [6.07, 6.45) is 5.21. The van der Waals surface area contributed by atoms with Crippen LogP contribution in [0, 0.1) is 0 Å². The Morgan fingerprint density at radius 1 is 1.24 bits per heavy atom. The first kappa shape index (κ1) is 23.0. The number of benzene rings is 1. The number of nitrogens with one attached hydrogen (secondary N) is 2. The predicted octanol–water partition coefficient (Wildman–Crippen LogP) is 3.14. The van der Waals surface area contributed by atoms with E-state index in [4.69, 9.17) is 19.4 Å². The third kappa shape index (κ3) is 4.49. The van der Waals surface area contributed by atoms with Crippen LogP contribution in [0.15, 0.2) is 60.0 Å². The average molecular weight is 501 g/mol. The maximum Gasteiger partial charge on any atom is 0.278 e. The van der Waals surface area contributed by atoms with Crippen LogP contribution in [0.3, 0.4) is 0 Å². The Kier molecular flexibility index (Phi) is 5.97. The van der Waals surface area contributed by atoms with Crippen molar-refractivity contribution in [3.8, 4) is 17.4 Å². The third-order valence-corrected chi connectivity index (χ3v) is 6.58. The molecule has 0 spiro atoms. The lowest BCUT2D eigenvalue weighted by atomic mass is 10.1. The molecule has 0 amide bonds. The topological polar surface area (TPSA) is 111 Å². The lowest BCUT2D eigenvalue weighted by Crippen LogP contribution is -2.35. The Bertz CT molecular complexity index is 1520. The maximum atomic E-state index is 13.3. The van der Waals surface area contributed by atoms with Crippen molar-refractivity contribution in [1.82, 2.24) is 29.2 Å². The second kappa shape index (κ2) is 9.58. The van der Waals surface area contributed by atoms with E-state index in [0.717, 1.165) is 43.1 Å². The Morgan fingerprint density at radius 2 is 2.11 bits per heavy atom. The molecule has 190 valence electrons. The number of piperidine rings is 1. The number of allylic oxidation sites excluding steroid dienone is 1. The van der Waals surface area contributed by atoms with Gasteiger partial charge in [0.1, 0.15) is 17.2 Å². The van der Waals surface area contributed by atoms with Gasteiger partial charge in [-0.05, 0) is 44.2 Å². The zero-order chi connectivity index (χ0) is 25.4. The molecule has 0 bridgehead atoms. The summed E-state index contributed by atoms with van der Waals surface area (Å²) in [5.74, 6) is 2.20. The van der Waals surface area contributed by atoms with Crippen molar-refractivity contribution in [2.45, 2.75) is 25.5 Å². The highest BCUT2D eigenvalue weighted by Crippen LogP contribution is 2.32. The maximum absolute atomic E-state index is 13.3. The molecule has 2 aliphatic heterocycles. The van der Waals surface area contributed by atoms with E-state index in [2.05, 4.69) is 34.1 Å². The molecule has 5 heterocycles. The summed E-state index contributed by atoms with van der Waals surface area (Å²) in [6, 6.07) is 11.3. The number of aromatic nitrogens is 5. The second-order valence-corrected chi connectivity index (χ2v) is 9.17. The first-order valence-corrected chi connectivity index (χ1v) is 12.3. The molecule has 1 saturated heterocycles. The fourth-order valence-corrected chi connectivity index (χ4v) is 4.66. The molecule has 0 atom stereocenters. The number of hydrogen-bond acceptors (Lipinski definition) is 9. The lowest BCUT2D eigenvalue weighted by Gasteiger charge is -2.29. The van der Waals surface area contributed by atoms with Crippen LogP contribution in [0.1, 0.15) is 12.8 Å². The molecule has 1 aromatic carbocycles. The van der Waals surface area contributed by atoms with Crippen molar-refractivity contribution < 1.29 is 9.47 Å². The van der Waals surface area contributed by atoms with E-state index >= 15 is 0 Å². The van der Waals surface area contributed by atoms with Crippen molar-refractivity contribution in [3.63, 3.8) is 0 Å². The van der Waals surface area contributed by atoms with Gasteiger partial charge >= 0.3 is 0 Å². The van der Waals surface area contributed by atoms with Gasteiger partial charge in [0.15, 0.2) is 18.2 Å². The second-order valence-electron chi connectivity index (χ2n) is 9.17. The highest BCUT2D eigenvalue weighted by atomic mass is 16.5. The minimum absolute atomic E-state index is 0.112. The molecule has 6 rings (SSSR count). The van der Waals surface area contributed by atoms with Gasteiger partial charge in [-0.1, -0.05) is 12.1 Å². The van der Waals surface area contributed by atoms with Gasteiger partial charge in [-0.25, -0.2) is 14.3 Å². The smallest absolute Gasteiger partial charge is 0.278 e. The van der Waals surface area contributed by atoms with Gasteiger partial charge in [0.2, 0.25) is 11.8 Å². The highest BCUT2D eigenvalue weighted by Gasteiger charge is 2.21. The van der Waals surface area contributed by atoms with Crippen molar-refractivity contribution in [1.29, 1.82) is 0 Å². The van der Waals surface area contributed by atoms with Gasteiger partial charge in [0, 0.05) is 31.0 Å². The van der Waals surface area contributed by atoms with E-state index in [1.54, 1.807) is 15.4 Å². The number of anilines is 3. The van der Waals surface area contributed by atoms with Crippen molar-refractivity contribution in [2.75, 3.05) is 37.5 Å². The molecule has 0 aliphatic carbocycles. The fourth-order valence-electron chi connectivity index (χ4n) is 4.66. The zero-order valence-electron chi connectivity index (χ0n) is 20.6. The fraction of sp³-hybridized carbons (Fsp3) is 0.308. The molecular weight excluding hydrogens is 472 g/mol. The molecule has 1 fully saturated rings. The Labute approximate surface area is 213 Å². The average Bonchev–Trinajstić information content (AvgIpc) is 3.48. The van der Waals surface area contributed by atoms with E-state index in [-0.39, 0.29) is 18.2 Å². The van der Waals surface area contributed by atoms with Crippen molar-refractivity contribution >= 4 is 28.4 Å². The standard InChI is InChI=1S/C26H28N8O3/c1-3-11-33-25(35)19-15-27-26(29-17-7-8-21-20(14-17)28-16-36-21)31-24(19)34(33)22-5-4-6-23(30-22)37-18-9-12-32(2)13-10-18/h3-8,14-15,18,28H,1,9-13,16H2,2H3,(H,27,29,31). The van der Waals surface area contributed by atoms with E-state index in [0.29, 0.717) is 35.4 Å². The molecule has 0 unspecified atom stereocenters. The van der Waals surface area contributed by atoms with Gasteiger partial charge in [-0.3, -0.25) is 4.79 Å². The first-order chi connectivity index (χ1) is 18.1. The molecule has 4 aromatic rings. The summed E-state index contributed by atoms with van der Waals surface area (Å²) in [5, 5.41) is 6.78. The summed E-state index contributed by atoms with van der Waals surface area (Å²) in [6.45, 7) is 6.53. The molecule has 37 heavy (non-hydrogen) atoms. The number of hydrogen-bond donors (Lipinski definition) is 2. The Hall–Kier alpha value is -4.38. The summed E-state index contributed by atoms with van der Waals surface area (Å²) >= 11 is 0. The van der Waals surface area contributed by atoms with Crippen molar-refractivity contribution in [2.24, 2.45) is 0 Å². The largest absolute Gasteiger partial charge is 0.474 e. The first-order valence-electron chi connectivity index (χ1n) is 12.3. The molecular formula is C26H28N8O3. The van der Waals surface area contributed by atoms with Gasteiger partial charge in [0.05, 0.1) is 12.2 Å². The molecule has 0 radical (unpaired) electrons. The number of ether oxygens (including phenoxy) is 2. The molecule has 11 nitrogen and oxygen atoms in total. The SMILES string of the molecule is C=CCn1c(=O)c2cnc(Nc3ccc4c(c3)NCO4)nc2n1-c1cccc(OC2CCN(C)CC2)n1. The Morgan fingerprint density at radius 3 is 2.95 bits per heavy atom. The molecule has 11 heteroatoms. The Balaban J connectivity index is 1.37. The summed E-state index contributed by atoms with van der Waals surface area (Å²) in [5.41, 5.74) is 1.91. The van der Waals surface area contributed by atoms with Crippen LogP contribution >= 0.6 is 0 Å². The lowest BCUT2D eigenvalue weighted by molar-refractivity contribution is 0.110. The van der Waals surface area contributed by atoms with Crippen LogP contribution < -0.4 is 25.7 Å². The molecule has 2 N–H and O–H groups in total. The number of fused-ring (bicyclic) bond motifs is 2. The molecule has 0 saturated carbocycles. The van der Waals surface area contributed by atoms with Crippen LogP contribution in [-0.4, -0.2) is 62.2 Å². The normalized spacial score (nSPS) is 15.7. The summed E-state index contributed by atoms with van der Waals surface area (Å²) in [4.78, 5) is 29.4. The number of pyridine rings is 1. The van der Waals surface area contributed by atoms with Crippen molar-refractivity contribution in [3.05, 3.63) is 65.6 Å². The van der Waals surface area contributed by atoms with Crippen LogP contribution in [-0.2, 0) is 6.54 Å². The van der Waals surface area contributed by atoms with Gasteiger partial charge < -0.3 is 25.0 Å². The molecule has 3 aromatic heterocycles. The van der Waals surface area contributed by atoms with Gasteiger partial charge in [-0.2, -0.15) is 9.97 Å². The van der Waals surface area contributed by atoms with Gasteiger partial charge in [0.25, 0.3) is 5.56 Å². The third-order valence-electron chi connectivity index (χ3n) is 6.58. The molecule has 2 aliphatic rings. The van der Waals surface area contributed by atoms with E-state index in [9.17, 15) is 4.79 Å². The van der Waals surface area contributed by atoms with Crippen LogP contribution in [0.25, 0.3) is 16.9 Å². The summed E-state index contributed by atoms with van der Waals surface area (Å²) < 4.78 is 14.9. The quantitative estimate of drug-likeness (QED) is 0.370. The van der Waals surface area contributed by atoms with Crippen LogP contribution in [0.2, 0.25) is 0 Å². The number of likely N-dealkylation sites (tertiary alicyclic amines) is 1. The highest BCUT2D eigenvalue weighted by molar-refractivity contribution is 5.77.